The first kappa shape index (κ1) is 21.0. The van der Waals surface area contributed by atoms with Crippen molar-refractivity contribution in [2.45, 2.75) is 43.9 Å². The summed E-state index contributed by atoms with van der Waals surface area (Å²) in [7, 11) is 0. The van der Waals surface area contributed by atoms with Gasteiger partial charge in [-0.1, -0.05) is 36.4 Å². The molecule has 3 fully saturated rings. The van der Waals surface area contributed by atoms with E-state index in [1.807, 2.05) is 24.3 Å². The van der Waals surface area contributed by atoms with Crippen molar-refractivity contribution in [3.05, 3.63) is 71.0 Å². The smallest absolute Gasteiger partial charge is 0.303 e. The molecule has 6 rings (SSSR count). The Labute approximate surface area is 180 Å². The van der Waals surface area contributed by atoms with Crippen LogP contribution in [-0.2, 0) is 6.42 Å². The van der Waals surface area contributed by atoms with Gasteiger partial charge in [-0.3, -0.25) is 4.90 Å². The third-order valence-electron chi connectivity index (χ3n) is 7.60. The molecule has 2 aromatic rings. The molecule has 0 saturated carbocycles. The van der Waals surface area contributed by atoms with Crippen molar-refractivity contribution in [2.24, 2.45) is 11.8 Å². The summed E-state index contributed by atoms with van der Waals surface area (Å²) in [6.07, 6.45) is -1.54. The van der Waals surface area contributed by atoms with Crippen LogP contribution in [0, 0.1) is 17.7 Å². The zero-order chi connectivity index (χ0) is 21.6. The third-order valence-corrected chi connectivity index (χ3v) is 7.60. The number of hydrogen-bond acceptors (Lipinski definition) is 2. The minimum Gasteiger partial charge on any atom is -0.303 e. The van der Waals surface area contributed by atoms with Crippen molar-refractivity contribution < 1.29 is 17.6 Å². The zero-order valence-electron chi connectivity index (χ0n) is 17.5. The van der Waals surface area contributed by atoms with Crippen LogP contribution in [0.25, 0.3) is 0 Å². The number of fused-ring (bicyclic) bond motifs is 4. The molecule has 2 bridgehead atoms. The molecule has 0 aliphatic carbocycles. The van der Waals surface area contributed by atoms with E-state index in [-0.39, 0.29) is 18.2 Å². The van der Waals surface area contributed by atoms with Crippen molar-refractivity contribution in [1.82, 2.24) is 9.80 Å². The first-order chi connectivity index (χ1) is 14.9. The summed E-state index contributed by atoms with van der Waals surface area (Å²) in [5.41, 5.74) is 2.71. The molecule has 4 heterocycles. The number of piperidine rings is 3. The molecular formula is C25H28F4N2. The van der Waals surface area contributed by atoms with Crippen molar-refractivity contribution >= 4 is 0 Å². The van der Waals surface area contributed by atoms with Gasteiger partial charge in [0.2, 0.25) is 0 Å². The maximum Gasteiger partial charge on any atom is 0.404 e. The molecule has 6 heteroatoms. The lowest BCUT2D eigenvalue weighted by atomic mass is 9.75. The number of halogens is 4. The highest BCUT2D eigenvalue weighted by atomic mass is 19.4. The lowest BCUT2D eigenvalue weighted by Crippen LogP contribution is -2.54. The monoisotopic (exact) mass is 432 g/mol. The summed E-state index contributed by atoms with van der Waals surface area (Å²) in [6.45, 7) is 3.17. The number of alkyl halides is 3. The van der Waals surface area contributed by atoms with E-state index in [2.05, 4.69) is 4.90 Å². The van der Waals surface area contributed by atoms with Gasteiger partial charge in [-0.15, -0.1) is 0 Å². The first-order valence-electron chi connectivity index (χ1n) is 11.3. The topological polar surface area (TPSA) is 6.48 Å². The molecule has 2 aromatic carbocycles. The highest BCUT2D eigenvalue weighted by molar-refractivity contribution is 5.40. The van der Waals surface area contributed by atoms with E-state index in [9.17, 15) is 17.6 Å². The van der Waals surface area contributed by atoms with Crippen molar-refractivity contribution in [3.8, 4) is 0 Å². The van der Waals surface area contributed by atoms with Gasteiger partial charge in [0.15, 0.2) is 0 Å². The van der Waals surface area contributed by atoms with Crippen LogP contribution in [0.4, 0.5) is 17.6 Å². The van der Waals surface area contributed by atoms with E-state index in [1.165, 1.54) is 12.1 Å². The average Bonchev–Trinajstić information content (AvgIpc) is 2.77. The van der Waals surface area contributed by atoms with Crippen LogP contribution in [0.15, 0.2) is 48.5 Å². The SMILES string of the molecule is Fc1ccc(C2c3ccccc3CCN2C(C[C@H]2CN3CCC2CC3)C(F)(F)F)cc1. The molecule has 0 amide bonds. The van der Waals surface area contributed by atoms with E-state index in [0.29, 0.717) is 18.9 Å². The van der Waals surface area contributed by atoms with Gasteiger partial charge in [0.25, 0.3) is 0 Å². The molecule has 4 aliphatic heterocycles. The minimum absolute atomic E-state index is 0.0835. The van der Waals surface area contributed by atoms with Crippen LogP contribution in [-0.4, -0.2) is 48.2 Å². The molecule has 0 N–H and O–H groups in total. The normalized spacial score (nSPS) is 29.5. The molecule has 3 atom stereocenters. The Morgan fingerprint density at radius 3 is 2.29 bits per heavy atom. The quantitative estimate of drug-likeness (QED) is 0.594. The minimum atomic E-state index is -4.31. The Morgan fingerprint density at radius 1 is 0.935 bits per heavy atom. The molecule has 0 spiro atoms. The number of rotatable bonds is 4. The summed E-state index contributed by atoms with van der Waals surface area (Å²) in [6, 6.07) is 11.7. The van der Waals surface area contributed by atoms with Crippen molar-refractivity contribution in [1.29, 1.82) is 0 Å². The lowest BCUT2D eigenvalue weighted by molar-refractivity contribution is -0.197. The van der Waals surface area contributed by atoms with Gasteiger partial charge in [-0.05, 0) is 79.4 Å². The fourth-order valence-corrected chi connectivity index (χ4v) is 6.04. The Morgan fingerprint density at radius 2 is 1.65 bits per heavy atom. The van der Waals surface area contributed by atoms with Crippen LogP contribution in [0.5, 0.6) is 0 Å². The van der Waals surface area contributed by atoms with E-state index in [0.717, 1.165) is 49.2 Å². The Kier molecular flexibility index (Phi) is 5.55. The van der Waals surface area contributed by atoms with Gasteiger partial charge in [0, 0.05) is 13.1 Å². The second-order valence-electron chi connectivity index (χ2n) is 9.33. The van der Waals surface area contributed by atoms with Gasteiger partial charge >= 0.3 is 6.18 Å². The number of hydrogen-bond donors (Lipinski definition) is 0. The van der Waals surface area contributed by atoms with Crippen molar-refractivity contribution in [2.75, 3.05) is 26.2 Å². The highest BCUT2D eigenvalue weighted by Crippen LogP contribution is 2.44. The average molecular weight is 433 g/mol. The molecule has 31 heavy (non-hydrogen) atoms. The Bertz CT molecular complexity index is 902. The standard InChI is InChI=1S/C25H28F4N2/c26-21-7-5-19(6-8-21)24-22-4-2-1-3-18(22)11-14-31(24)23(25(27,28)29)15-20-16-30-12-9-17(20)10-13-30/h1-8,17,20,23-24H,9-16H2/t20-,23?,24?/m0/s1. The van der Waals surface area contributed by atoms with Gasteiger partial charge in [-0.2, -0.15) is 13.2 Å². The predicted octanol–water partition coefficient (Wildman–Crippen LogP) is 5.44. The van der Waals surface area contributed by atoms with Crippen LogP contribution in [0.2, 0.25) is 0 Å². The molecule has 0 aromatic heterocycles. The van der Waals surface area contributed by atoms with Crippen LogP contribution >= 0.6 is 0 Å². The molecule has 2 nitrogen and oxygen atoms in total. The molecule has 166 valence electrons. The van der Waals surface area contributed by atoms with Crippen molar-refractivity contribution in [3.63, 3.8) is 0 Å². The second kappa shape index (κ2) is 8.21. The lowest BCUT2D eigenvalue weighted by Gasteiger charge is -2.49. The third kappa shape index (κ3) is 4.12. The predicted molar refractivity (Wildman–Crippen MR) is 112 cm³/mol. The Hall–Kier alpha value is -1.92. The van der Waals surface area contributed by atoms with E-state index >= 15 is 0 Å². The summed E-state index contributed by atoms with van der Waals surface area (Å²) >= 11 is 0. The summed E-state index contributed by atoms with van der Waals surface area (Å²) in [5, 5.41) is 0. The highest BCUT2D eigenvalue weighted by Gasteiger charge is 2.50. The van der Waals surface area contributed by atoms with E-state index in [1.54, 1.807) is 17.0 Å². The van der Waals surface area contributed by atoms with Crippen LogP contribution in [0.3, 0.4) is 0 Å². The zero-order valence-corrected chi connectivity index (χ0v) is 17.5. The largest absolute Gasteiger partial charge is 0.404 e. The van der Waals surface area contributed by atoms with E-state index in [4.69, 9.17) is 0 Å². The van der Waals surface area contributed by atoms with Crippen LogP contribution < -0.4 is 0 Å². The summed E-state index contributed by atoms with van der Waals surface area (Å²) < 4.78 is 57.1. The maximum atomic E-state index is 14.5. The Balaban J connectivity index is 1.51. The summed E-state index contributed by atoms with van der Waals surface area (Å²) in [4.78, 5) is 3.97. The molecule has 4 aliphatic rings. The van der Waals surface area contributed by atoms with Gasteiger partial charge in [0.05, 0.1) is 6.04 Å². The number of nitrogens with zero attached hydrogens (tertiary/aromatic N) is 2. The molecule has 0 radical (unpaired) electrons. The maximum absolute atomic E-state index is 14.5. The van der Waals surface area contributed by atoms with E-state index < -0.39 is 18.3 Å². The van der Waals surface area contributed by atoms with Gasteiger partial charge in [0.1, 0.15) is 11.9 Å². The molecule has 2 unspecified atom stereocenters. The fraction of sp³-hybridized carbons (Fsp3) is 0.520. The molecule has 3 saturated heterocycles. The first-order valence-corrected chi connectivity index (χ1v) is 11.3. The van der Waals surface area contributed by atoms with Gasteiger partial charge in [-0.25, -0.2) is 4.39 Å². The number of benzene rings is 2. The second-order valence-corrected chi connectivity index (χ2v) is 9.33. The van der Waals surface area contributed by atoms with Crippen LogP contribution in [0.1, 0.15) is 42.0 Å². The van der Waals surface area contributed by atoms with Gasteiger partial charge < -0.3 is 4.90 Å². The summed E-state index contributed by atoms with van der Waals surface area (Å²) in [5.74, 6) is 0.107. The fourth-order valence-electron chi connectivity index (χ4n) is 6.04. The molecular weight excluding hydrogens is 404 g/mol.